The van der Waals surface area contributed by atoms with Crippen molar-refractivity contribution in [2.45, 2.75) is 57.4 Å². The Balaban J connectivity index is 2.01. The predicted octanol–water partition coefficient (Wildman–Crippen LogP) is 4.22. The number of ether oxygens (including phenoxy) is 2. The van der Waals surface area contributed by atoms with Gasteiger partial charge in [0, 0.05) is 12.6 Å². The van der Waals surface area contributed by atoms with E-state index in [-0.39, 0.29) is 30.9 Å². The zero-order valence-electron chi connectivity index (χ0n) is 15.4. The molecule has 1 aliphatic carbocycles. The quantitative estimate of drug-likeness (QED) is 0.663. The molecule has 0 spiro atoms. The van der Waals surface area contributed by atoms with E-state index in [0.29, 0.717) is 17.3 Å². The summed E-state index contributed by atoms with van der Waals surface area (Å²) in [5.41, 5.74) is 0. The molecule has 0 unspecified atom stereocenters. The number of rotatable bonds is 7. The Morgan fingerprint density at radius 1 is 1.12 bits per heavy atom. The van der Waals surface area contributed by atoms with Crippen LogP contribution in [0.4, 0.5) is 0 Å². The number of hydrogen-bond acceptors (Lipinski definition) is 4. The first kappa shape index (κ1) is 20.6. The minimum atomic E-state index is -0.305. The Hall–Kier alpha value is -1.75. The van der Waals surface area contributed by atoms with Crippen molar-refractivity contribution in [1.82, 2.24) is 4.90 Å². The van der Waals surface area contributed by atoms with E-state index in [0.717, 1.165) is 25.7 Å². The van der Waals surface area contributed by atoms with Crippen LogP contribution in [0.5, 0.6) is 5.75 Å². The number of esters is 1. The van der Waals surface area contributed by atoms with Gasteiger partial charge in [0.1, 0.15) is 5.75 Å². The fraction of sp³-hybridized carbons (Fsp3) is 0.600. The number of carbonyl (C=O) groups is 2. The first-order valence-corrected chi connectivity index (χ1v) is 9.73. The van der Waals surface area contributed by atoms with Gasteiger partial charge in [-0.25, -0.2) is 0 Å². The minimum Gasteiger partial charge on any atom is -0.482 e. The van der Waals surface area contributed by atoms with Gasteiger partial charge in [-0.3, -0.25) is 9.59 Å². The lowest BCUT2D eigenvalue weighted by Crippen LogP contribution is -2.44. The van der Waals surface area contributed by atoms with Gasteiger partial charge in [-0.2, -0.15) is 0 Å². The van der Waals surface area contributed by atoms with Gasteiger partial charge in [0.2, 0.25) is 0 Å². The smallest absolute Gasteiger partial charge is 0.307 e. The average molecular weight is 382 g/mol. The van der Waals surface area contributed by atoms with E-state index in [4.69, 9.17) is 21.1 Å². The molecule has 0 atom stereocenters. The fourth-order valence-electron chi connectivity index (χ4n) is 3.36. The van der Waals surface area contributed by atoms with Gasteiger partial charge in [0.25, 0.3) is 5.91 Å². The van der Waals surface area contributed by atoms with E-state index in [1.54, 1.807) is 17.0 Å². The van der Waals surface area contributed by atoms with Gasteiger partial charge in [0.15, 0.2) is 6.61 Å². The highest BCUT2D eigenvalue weighted by molar-refractivity contribution is 6.32. The maximum absolute atomic E-state index is 12.8. The van der Waals surface area contributed by atoms with E-state index < -0.39 is 0 Å². The summed E-state index contributed by atoms with van der Waals surface area (Å²) in [6.45, 7) is 0.281. The van der Waals surface area contributed by atoms with E-state index in [1.165, 1.54) is 26.4 Å². The second-order valence-corrected chi connectivity index (χ2v) is 7.04. The molecule has 0 radical (unpaired) electrons. The molecular weight excluding hydrogens is 354 g/mol. The maximum Gasteiger partial charge on any atom is 0.307 e. The first-order chi connectivity index (χ1) is 12.6. The van der Waals surface area contributed by atoms with E-state index in [1.807, 2.05) is 12.1 Å². The van der Waals surface area contributed by atoms with Crippen LogP contribution in [0.2, 0.25) is 5.02 Å². The van der Waals surface area contributed by atoms with Crippen molar-refractivity contribution in [1.29, 1.82) is 0 Å². The number of amides is 1. The Bertz CT molecular complexity index is 585. The standard InChI is InChI=1S/C20H28ClNO4/c1-25-20(24)13-14-22(16-9-5-3-2-4-6-10-16)19(23)15-26-18-12-8-7-11-17(18)21/h7-8,11-12,16H,2-6,9-10,13-15H2,1H3. The Kier molecular flexibility index (Phi) is 8.75. The van der Waals surface area contributed by atoms with Crippen molar-refractivity contribution in [3.05, 3.63) is 29.3 Å². The molecule has 2 rings (SSSR count). The lowest BCUT2D eigenvalue weighted by atomic mass is 9.95. The molecule has 0 aliphatic heterocycles. The average Bonchev–Trinajstić information content (AvgIpc) is 2.62. The Morgan fingerprint density at radius 3 is 2.42 bits per heavy atom. The fourth-order valence-corrected chi connectivity index (χ4v) is 3.55. The molecule has 1 amide bonds. The zero-order chi connectivity index (χ0) is 18.8. The SMILES string of the molecule is COC(=O)CCN(C(=O)COc1ccccc1Cl)C1CCCCCCC1. The van der Waals surface area contributed by atoms with Crippen LogP contribution in [-0.4, -0.2) is 43.1 Å². The number of hydrogen-bond donors (Lipinski definition) is 0. The zero-order valence-corrected chi connectivity index (χ0v) is 16.2. The van der Waals surface area contributed by atoms with Crippen LogP contribution in [0.25, 0.3) is 0 Å². The van der Waals surface area contributed by atoms with Crippen LogP contribution in [0.1, 0.15) is 51.4 Å². The minimum absolute atomic E-state index is 0.0819. The predicted molar refractivity (Wildman–Crippen MR) is 101 cm³/mol. The van der Waals surface area contributed by atoms with Crippen LogP contribution in [-0.2, 0) is 14.3 Å². The largest absolute Gasteiger partial charge is 0.482 e. The van der Waals surface area contributed by atoms with Crippen molar-refractivity contribution in [3.8, 4) is 5.75 Å². The van der Waals surface area contributed by atoms with Crippen molar-refractivity contribution in [3.63, 3.8) is 0 Å². The molecule has 26 heavy (non-hydrogen) atoms. The van der Waals surface area contributed by atoms with Crippen molar-refractivity contribution < 1.29 is 19.1 Å². The molecule has 1 fully saturated rings. The number of methoxy groups -OCH3 is 1. The highest BCUT2D eigenvalue weighted by Crippen LogP contribution is 2.24. The van der Waals surface area contributed by atoms with Crippen LogP contribution < -0.4 is 4.74 Å². The van der Waals surface area contributed by atoms with Crippen molar-refractivity contribution in [2.24, 2.45) is 0 Å². The Morgan fingerprint density at radius 2 is 1.77 bits per heavy atom. The van der Waals surface area contributed by atoms with Gasteiger partial charge in [-0.05, 0) is 25.0 Å². The number of carbonyl (C=O) groups excluding carboxylic acids is 2. The van der Waals surface area contributed by atoms with Gasteiger partial charge in [-0.15, -0.1) is 0 Å². The van der Waals surface area contributed by atoms with E-state index >= 15 is 0 Å². The molecule has 0 N–H and O–H groups in total. The van der Waals surface area contributed by atoms with E-state index in [9.17, 15) is 9.59 Å². The molecule has 6 heteroatoms. The third-order valence-electron chi connectivity index (χ3n) is 4.81. The summed E-state index contributed by atoms with van der Waals surface area (Å²) >= 11 is 6.09. The monoisotopic (exact) mass is 381 g/mol. The summed E-state index contributed by atoms with van der Waals surface area (Å²) in [6.07, 6.45) is 8.02. The molecule has 0 saturated heterocycles. The molecule has 0 bridgehead atoms. The van der Waals surface area contributed by atoms with E-state index in [2.05, 4.69) is 0 Å². The van der Waals surface area contributed by atoms with Crippen LogP contribution in [0.15, 0.2) is 24.3 Å². The van der Waals surface area contributed by atoms with Gasteiger partial charge < -0.3 is 14.4 Å². The van der Waals surface area contributed by atoms with Crippen molar-refractivity contribution in [2.75, 3.05) is 20.3 Å². The van der Waals surface area contributed by atoms with Crippen LogP contribution in [0, 0.1) is 0 Å². The maximum atomic E-state index is 12.8. The van der Waals surface area contributed by atoms with Gasteiger partial charge in [0.05, 0.1) is 18.6 Å². The first-order valence-electron chi connectivity index (χ1n) is 9.35. The highest BCUT2D eigenvalue weighted by atomic mass is 35.5. The summed E-state index contributed by atoms with van der Waals surface area (Å²) in [5, 5.41) is 0.479. The number of nitrogens with zero attached hydrogens (tertiary/aromatic N) is 1. The third-order valence-corrected chi connectivity index (χ3v) is 5.12. The van der Waals surface area contributed by atoms with Crippen LogP contribution in [0.3, 0.4) is 0 Å². The molecular formula is C20H28ClNO4. The summed E-state index contributed by atoms with van der Waals surface area (Å²) < 4.78 is 10.4. The lowest BCUT2D eigenvalue weighted by molar-refractivity contribution is -0.143. The molecule has 0 aromatic heterocycles. The molecule has 5 nitrogen and oxygen atoms in total. The van der Waals surface area contributed by atoms with Gasteiger partial charge >= 0.3 is 5.97 Å². The number of halogens is 1. The second-order valence-electron chi connectivity index (χ2n) is 6.63. The molecule has 1 aliphatic rings. The summed E-state index contributed by atoms with van der Waals surface area (Å²) in [5.74, 6) is 0.0770. The third kappa shape index (κ3) is 6.52. The second kappa shape index (κ2) is 11.1. The topological polar surface area (TPSA) is 55.8 Å². The number of benzene rings is 1. The van der Waals surface area contributed by atoms with Gasteiger partial charge in [-0.1, -0.05) is 55.8 Å². The summed E-state index contributed by atoms with van der Waals surface area (Å²) in [4.78, 5) is 26.2. The normalized spacial score (nSPS) is 15.6. The summed E-state index contributed by atoms with van der Waals surface area (Å²) in [6, 6.07) is 7.25. The molecule has 1 aromatic carbocycles. The lowest BCUT2D eigenvalue weighted by Gasteiger charge is -2.33. The molecule has 1 saturated carbocycles. The van der Waals surface area contributed by atoms with Crippen LogP contribution >= 0.6 is 11.6 Å². The molecule has 0 heterocycles. The highest BCUT2D eigenvalue weighted by Gasteiger charge is 2.25. The summed E-state index contributed by atoms with van der Waals surface area (Å²) in [7, 11) is 1.37. The molecule has 144 valence electrons. The molecule has 1 aromatic rings. The van der Waals surface area contributed by atoms with Crippen molar-refractivity contribution >= 4 is 23.5 Å². The number of para-hydroxylation sites is 1. The Labute approximate surface area is 160 Å².